The molecule has 0 aliphatic heterocycles. The minimum Gasteiger partial charge on any atom is -0.507 e. The second kappa shape index (κ2) is 8.14. The van der Waals surface area contributed by atoms with E-state index in [1.165, 1.54) is 44.9 Å². The summed E-state index contributed by atoms with van der Waals surface area (Å²) in [5.74, 6) is 0.900. The maximum atomic E-state index is 10.8. The molecule has 2 heteroatoms. The van der Waals surface area contributed by atoms with Gasteiger partial charge in [-0.3, -0.25) is 4.99 Å². The van der Waals surface area contributed by atoms with Gasteiger partial charge >= 0.3 is 0 Å². The molecular weight excluding hydrogens is 294 g/mol. The fraction of sp³-hybridized carbons (Fsp3) is 0.409. The first kappa shape index (κ1) is 16.8. The molecule has 1 N–H and O–H groups in total. The van der Waals surface area contributed by atoms with Gasteiger partial charge in [-0.1, -0.05) is 62.4 Å². The smallest absolute Gasteiger partial charge is 0.127 e. The van der Waals surface area contributed by atoms with Crippen LogP contribution in [0.4, 0.5) is 5.69 Å². The number of benzene rings is 2. The highest BCUT2D eigenvalue weighted by Crippen LogP contribution is 2.36. The number of aromatic hydroxyl groups is 1. The SMILES string of the molecule is Cc1ccccc1N=Cc1cccc(C2CCCCCCC2)c1O. The molecule has 0 bridgehead atoms. The van der Waals surface area contributed by atoms with Crippen molar-refractivity contribution in [1.82, 2.24) is 0 Å². The molecule has 0 aromatic heterocycles. The molecular formula is C22H27NO. The van der Waals surface area contributed by atoms with Crippen LogP contribution in [0.15, 0.2) is 47.5 Å². The third kappa shape index (κ3) is 4.05. The number of nitrogens with zero attached hydrogens (tertiary/aromatic N) is 1. The van der Waals surface area contributed by atoms with Gasteiger partial charge in [0.15, 0.2) is 0 Å². The molecule has 1 aliphatic rings. The fourth-order valence-electron chi connectivity index (χ4n) is 3.63. The molecule has 0 spiro atoms. The highest BCUT2D eigenvalue weighted by Gasteiger charge is 2.18. The van der Waals surface area contributed by atoms with Crippen molar-refractivity contribution < 1.29 is 5.11 Å². The summed E-state index contributed by atoms with van der Waals surface area (Å²) in [6.07, 6.45) is 10.7. The summed E-state index contributed by atoms with van der Waals surface area (Å²) in [7, 11) is 0. The van der Waals surface area contributed by atoms with Crippen LogP contribution in [0.1, 0.15) is 67.6 Å². The normalized spacial score (nSPS) is 16.9. The number of para-hydroxylation sites is 2. The fourth-order valence-corrected chi connectivity index (χ4v) is 3.63. The predicted molar refractivity (Wildman–Crippen MR) is 102 cm³/mol. The Morgan fingerprint density at radius 2 is 1.62 bits per heavy atom. The van der Waals surface area contributed by atoms with Gasteiger partial charge in [0, 0.05) is 11.8 Å². The monoisotopic (exact) mass is 321 g/mol. The van der Waals surface area contributed by atoms with E-state index in [1.807, 2.05) is 30.3 Å². The zero-order valence-electron chi connectivity index (χ0n) is 14.5. The molecule has 126 valence electrons. The number of hydrogen-bond donors (Lipinski definition) is 1. The maximum absolute atomic E-state index is 10.8. The first-order valence-electron chi connectivity index (χ1n) is 9.17. The van der Waals surface area contributed by atoms with Crippen LogP contribution in [0.2, 0.25) is 0 Å². The molecule has 2 aromatic rings. The van der Waals surface area contributed by atoms with Crippen molar-refractivity contribution in [3.05, 3.63) is 59.2 Å². The average Bonchev–Trinajstić information content (AvgIpc) is 2.56. The average molecular weight is 321 g/mol. The minimum atomic E-state index is 0.417. The van der Waals surface area contributed by atoms with Crippen molar-refractivity contribution in [1.29, 1.82) is 0 Å². The summed E-state index contributed by atoms with van der Waals surface area (Å²) in [5.41, 5.74) is 4.01. The van der Waals surface area contributed by atoms with E-state index in [0.29, 0.717) is 11.7 Å². The third-order valence-electron chi connectivity index (χ3n) is 5.10. The summed E-state index contributed by atoms with van der Waals surface area (Å²) >= 11 is 0. The van der Waals surface area contributed by atoms with Gasteiger partial charge in [0.2, 0.25) is 0 Å². The highest BCUT2D eigenvalue weighted by molar-refractivity contribution is 5.86. The lowest BCUT2D eigenvalue weighted by Gasteiger charge is -2.21. The Bertz CT molecular complexity index is 697. The van der Waals surface area contributed by atoms with Gasteiger partial charge in [-0.25, -0.2) is 0 Å². The minimum absolute atomic E-state index is 0.417. The van der Waals surface area contributed by atoms with Crippen LogP contribution in [0.25, 0.3) is 0 Å². The van der Waals surface area contributed by atoms with E-state index >= 15 is 0 Å². The van der Waals surface area contributed by atoms with E-state index in [-0.39, 0.29) is 0 Å². The number of rotatable bonds is 3. The second-order valence-corrected chi connectivity index (χ2v) is 6.87. The molecule has 0 atom stereocenters. The van der Waals surface area contributed by atoms with E-state index in [4.69, 9.17) is 0 Å². The van der Waals surface area contributed by atoms with Crippen LogP contribution < -0.4 is 0 Å². The topological polar surface area (TPSA) is 32.6 Å². The molecule has 2 aromatic carbocycles. The largest absolute Gasteiger partial charge is 0.507 e. The van der Waals surface area contributed by atoms with Gasteiger partial charge in [-0.05, 0) is 48.9 Å². The Morgan fingerprint density at radius 3 is 2.38 bits per heavy atom. The van der Waals surface area contributed by atoms with Gasteiger partial charge < -0.3 is 5.11 Å². The van der Waals surface area contributed by atoms with Crippen molar-refractivity contribution in [2.45, 2.75) is 57.8 Å². The quantitative estimate of drug-likeness (QED) is 0.663. The lowest BCUT2D eigenvalue weighted by molar-refractivity contribution is 0.424. The van der Waals surface area contributed by atoms with Gasteiger partial charge in [0.05, 0.1) is 5.69 Å². The number of phenols is 1. The molecule has 3 rings (SSSR count). The summed E-state index contributed by atoms with van der Waals surface area (Å²) in [4.78, 5) is 4.57. The molecule has 1 saturated carbocycles. The predicted octanol–water partition coefficient (Wildman–Crippen LogP) is 6.28. The van der Waals surface area contributed by atoms with Crippen molar-refractivity contribution in [3.8, 4) is 5.75 Å². The first-order valence-corrected chi connectivity index (χ1v) is 9.17. The van der Waals surface area contributed by atoms with Crippen molar-refractivity contribution >= 4 is 11.9 Å². The first-order chi connectivity index (χ1) is 11.8. The van der Waals surface area contributed by atoms with E-state index in [9.17, 15) is 5.11 Å². The van der Waals surface area contributed by atoms with Crippen molar-refractivity contribution in [2.24, 2.45) is 4.99 Å². The standard InChI is InChI=1S/C22H27NO/c1-17-10-7-8-15-21(17)23-16-19-13-9-14-20(22(19)24)18-11-5-3-2-4-6-12-18/h7-10,13-16,18,24H,2-6,11-12H2,1H3. The molecule has 1 fully saturated rings. The van der Waals surface area contributed by atoms with Crippen molar-refractivity contribution in [3.63, 3.8) is 0 Å². The molecule has 0 heterocycles. The van der Waals surface area contributed by atoms with Crippen LogP contribution in [-0.4, -0.2) is 11.3 Å². The highest BCUT2D eigenvalue weighted by atomic mass is 16.3. The van der Waals surface area contributed by atoms with Crippen LogP contribution in [0.3, 0.4) is 0 Å². The maximum Gasteiger partial charge on any atom is 0.127 e. The Hall–Kier alpha value is -2.09. The number of phenolic OH excluding ortho intramolecular Hbond substituents is 1. The van der Waals surface area contributed by atoms with Crippen LogP contribution in [0, 0.1) is 6.92 Å². The number of aliphatic imine (C=N–C) groups is 1. The third-order valence-corrected chi connectivity index (χ3v) is 5.10. The van der Waals surface area contributed by atoms with Gasteiger partial charge in [-0.15, -0.1) is 0 Å². The summed E-state index contributed by atoms with van der Waals surface area (Å²) in [6.45, 7) is 2.05. The Morgan fingerprint density at radius 1 is 0.917 bits per heavy atom. The Labute approximate surface area is 145 Å². The van der Waals surface area contributed by atoms with Crippen molar-refractivity contribution in [2.75, 3.05) is 0 Å². The second-order valence-electron chi connectivity index (χ2n) is 6.87. The van der Waals surface area contributed by atoms with E-state index in [1.54, 1.807) is 6.21 Å². The zero-order valence-corrected chi connectivity index (χ0v) is 14.5. The Balaban J connectivity index is 1.83. The molecule has 0 amide bonds. The molecule has 0 radical (unpaired) electrons. The van der Waals surface area contributed by atoms with Crippen LogP contribution in [0.5, 0.6) is 5.75 Å². The summed E-state index contributed by atoms with van der Waals surface area (Å²) in [5, 5.41) is 10.8. The molecule has 0 unspecified atom stereocenters. The molecule has 24 heavy (non-hydrogen) atoms. The number of hydrogen-bond acceptors (Lipinski definition) is 2. The molecule has 2 nitrogen and oxygen atoms in total. The van der Waals surface area contributed by atoms with E-state index < -0.39 is 0 Å². The summed E-state index contributed by atoms with van der Waals surface area (Å²) < 4.78 is 0. The van der Waals surface area contributed by atoms with Gasteiger partial charge in [0.1, 0.15) is 5.75 Å². The number of aryl methyl sites for hydroxylation is 1. The lowest BCUT2D eigenvalue weighted by atomic mass is 9.85. The van der Waals surface area contributed by atoms with E-state index in [2.05, 4.69) is 24.0 Å². The summed E-state index contributed by atoms with van der Waals surface area (Å²) in [6, 6.07) is 14.1. The molecule has 0 saturated heterocycles. The van der Waals surface area contributed by atoms with Crippen LogP contribution in [-0.2, 0) is 0 Å². The van der Waals surface area contributed by atoms with E-state index in [0.717, 1.165) is 22.4 Å². The van der Waals surface area contributed by atoms with Gasteiger partial charge in [-0.2, -0.15) is 0 Å². The zero-order chi connectivity index (χ0) is 16.8. The molecule has 1 aliphatic carbocycles. The van der Waals surface area contributed by atoms with Gasteiger partial charge in [0.25, 0.3) is 0 Å². The Kier molecular flexibility index (Phi) is 5.68. The lowest BCUT2D eigenvalue weighted by Crippen LogP contribution is -2.03. The van der Waals surface area contributed by atoms with Crippen LogP contribution >= 0.6 is 0 Å².